The number of hydrogen-bond acceptors (Lipinski definition) is 5. The molecule has 1 aliphatic rings. The minimum atomic E-state index is -0.866. The molecule has 0 spiro atoms. The first-order valence-electron chi connectivity index (χ1n) is 7.63. The van der Waals surface area contributed by atoms with Gasteiger partial charge in [0.25, 0.3) is 0 Å². The van der Waals surface area contributed by atoms with Crippen LogP contribution in [0.15, 0.2) is 18.2 Å². The molecule has 0 radical (unpaired) electrons. The zero-order valence-electron chi connectivity index (χ0n) is 12.5. The molecule has 21 heavy (non-hydrogen) atoms. The first-order valence-corrected chi connectivity index (χ1v) is 7.63. The normalized spacial score (nSPS) is 15.8. The van der Waals surface area contributed by atoms with Gasteiger partial charge in [0.2, 0.25) is 0 Å². The summed E-state index contributed by atoms with van der Waals surface area (Å²) in [6.07, 6.45) is 2.55. The van der Waals surface area contributed by atoms with Gasteiger partial charge in [-0.25, -0.2) is 0 Å². The molecule has 1 aromatic rings. The Morgan fingerprint density at radius 3 is 2.81 bits per heavy atom. The van der Waals surface area contributed by atoms with E-state index in [2.05, 4.69) is 12.2 Å². The maximum absolute atomic E-state index is 9.43. The van der Waals surface area contributed by atoms with Crippen LogP contribution in [-0.2, 0) is 6.54 Å². The second-order valence-electron chi connectivity index (χ2n) is 5.42. The summed E-state index contributed by atoms with van der Waals surface area (Å²) in [6, 6.07) is 6.40. The van der Waals surface area contributed by atoms with Crippen LogP contribution < -0.4 is 14.8 Å². The lowest BCUT2D eigenvalue weighted by Crippen LogP contribution is -2.22. The summed E-state index contributed by atoms with van der Waals surface area (Å²) in [5.74, 6) is 1.46. The van der Waals surface area contributed by atoms with Gasteiger partial charge in [0.15, 0.2) is 0 Å². The van der Waals surface area contributed by atoms with Gasteiger partial charge in [-0.15, -0.1) is 0 Å². The highest BCUT2D eigenvalue weighted by Crippen LogP contribution is 2.27. The smallest absolute Gasteiger partial charge is 0.127 e. The lowest BCUT2D eigenvalue weighted by molar-refractivity contribution is 0.0532. The molecule has 1 aliphatic carbocycles. The van der Waals surface area contributed by atoms with Crippen molar-refractivity contribution in [2.75, 3.05) is 19.8 Å². The highest BCUT2D eigenvalue weighted by atomic mass is 16.5. The molecule has 1 atom stereocenters. The van der Waals surface area contributed by atoms with E-state index in [-0.39, 0.29) is 13.2 Å². The third kappa shape index (κ3) is 5.53. The van der Waals surface area contributed by atoms with Crippen molar-refractivity contribution < 1.29 is 19.7 Å². The van der Waals surface area contributed by atoms with Crippen molar-refractivity contribution in [2.24, 2.45) is 0 Å². The van der Waals surface area contributed by atoms with Crippen molar-refractivity contribution in [1.29, 1.82) is 0 Å². The highest BCUT2D eigenvalue weighted by Gasteiger charge is 2.20. The van der Waals surface area contributed by atoms with Gasteiger partial charge in [0.1, 0.15) is 24.2 Å². The number of rotatable bonds is 10. The molecule has 5 heteroatoms. The average Bonchev–Trinajstić information content (AvgIpc) is 3.33. The predicted octanol–water partition coefficient (Wildman–Crippen LogP) is 1.46. The molecule has 0 saturated heterocycles. The molecule has 0 bridgehead atoms. The fourth-order valence-electron chi connectivity index (χ4n) is 1.91. The van der Waals surface area contributed by atoms with E-state index in [4.69, 9.17) is 14.6 Å². The standard InChI is InChI=1S/C16H25NO4/c1-2-7-20-15-6-3-12(9-17-13-4-5-13)16(8-15)21-11-14(19)10-18/h3,6,8,13-14,17-19H,2,4-5,7,9-11H2,1H3. The van der Waals surface area contributed by atoms with Gasteiger partial charge < -0.3 is 25.0 Å². The minimum absolute atomic E-state index is 0.0736. The van der Waals surface area contributed by atoms with E-state index in [1.165, 1.54) is 12.8 Å². The number of aliphatic hydroxyl groups excluding tert-OH is 2. The van der Waals surface area contributed by atoms with E-state index >= 15 is 0 Å². The molecule has 1 saturated carbocycles. The molecule has 0 amide bonds. The number of aliphatic hydroxyl groups is 2. The molecule has 1 aromatic carbocycles. The fraction of sp³-hybridized carbons (Fsp3) is 0.625. The van der Waals surface area contributed by atoms with E-state index < -0.39 is 6.10 Å². The van der Waals surface area contributed by atoms with Crippen molar-refractivity contribution in [3.8, 4) is 11.5 Å². The van der Waals surface area contributed by atoms with Crippen LogP contribution in [0, 0.1) is 0 Å². The van der Waals surface area contributed by atoms with Crippen molar-refractivity contribution in [3.63, 3.8) is 0 Å². The third-order valence-electron chi connectivity index (χ3n) is 3.31. The highest BCUT2D eigenvalue weighted by molar-refractivity contribution is 5.41. The van der Waals surface area contributed by atoms with Gasteiger partial charge in [0, 0.05) is 24.2 Å². The van der Waals surface area contributed by atoms with Crippen LogP contribution in [0.1, 0.15) is 31.7 Å². The van der Waals surface area contributed by atoms with Crippen LogP contribution in [0.4, 0.5) is 0 Å². The summed E-state index contributed by atoms with van der Waals surface area (Å²) in [4.78, 5) is 0. The van der Waals surface area contributed by atoms with Crippen LogP contribution >= 0.6 is 0 Å². The molecule has 3 N–H and O–H groups in total. The second-order valence-corrected chi connectivity index (χ2v) is 5.42. The summed E-state index contributed by atoms with van der Waals surface area (Å²) in [5, 5.41) is 21.7. The molecule has 1 unspecified atom stereocenters. The van der Waals surface area contributed by atoms with Gasteiger partial charge >= 0.3 is 0 Å². The van der Waals surface area contributed by atoms with Crippen molar-refractivity contribution in [1.82, 2.24) is 5.32 Å². The van der Waals surface area contributed by atoms with Gasteiger partial charge in [-0.2, -0.15) is 0 Å². The molecule has 2 rings (SSSR count). The summed E-state index contributed by atoms with van der Waals surface area (Å²) in [7, 11) is 0. The quantitative estimate of drug-likeness (QED) is 0.609. The summed E-state index contributed by atoms with van der Waals surface area (Å²) in [6.45, 7) is 3.23. The van der Waals surface area contributed by atoms with Crippen LogP contribution in [0.25, 0.3) is 0 Å². The van der Waals surface area contributed by atoms with E-state index in [1.54, 1.807) is 0 Å². The molecule has 0 aromatic heterocycles. The Hall–Kier alpha value is -1.30. The topological polar surface area (TPSA) is 71.0 Å². The molecule has 0 heterocycles. The maximum Gasteiger partial charge on any atom is 0.127 e. The lowest BCUT2D eigenvalue weighted by Gasteiger charge is -2.16. The summed E-state index contributed by atoms with van der Waals surface area (Å²) in [5.41, 5.74) is 1.04. The Morgan fingerprint density at radius 2 is 2.14 bits per heavy atom. The fourth-order valence-corrected chi connectivity index (χ4v) is 1.91. The lowest BCUT2D eigenvalue weighted by atomic mass is 10.2. The number of hydrogen-bond donors (Lipinski definition) is 3. The average molecular weight is 295 g/mol. The monoisotopic (exact) mass is 295 g/mol. The Labute approximate surface area is 125 Å². The SMILES string of the molecule is CCCOc1ccc(CNC2CC2)c(OCC(O)CO)c1. The van der Waals surface area contributed by atoms with Crippen LogP contribution in [0.3, 0.4) is 0 Å². The molecule has 118 valence electrons. The minimum Gasteiger partial charge on any atom is -0.493 e. The van der Waals surface area contributed by atoms with E-state index in [1.807, 2.05) is 18.2 Å². The molecule has 0 aliphatic heterocycles. The van der Waals surface area contributed by atoms with Crippen molar-refractivity contribution in [3.05, 3.63) is 23.8 Å². The zero-order chi connectivity index (χ0) is 15.1. The number of nitrogens with one attached hydrogen (secondary N) is 1. The van der Waals surface area contributed by atoms with Gasteiger partial charge in [0.05, 0.1) is 13.2 Å². The van der Waals surface area contributed by atoms with Crippen molar-refractivity contribution >= 4 is 0 Å². The molecule has 5 nitrogen and oxygen atoms in total. The third-order valence-corrected chi connectivity index (χ3v) is 3.31. The largest absolute Gasteiger partial charge is 0.493 e. The van der Waals surface area contributed by atoms with Crippen molar-refractivity contribution in [2.45, 2.75) is 44.9 Å². The van der Waals surface area contributed by atoms with Crippen LogP contribution in [0.5, 0.6) is 11.5 Å². The van der Waals surface area contributed by atoms with Gasteiger partial charge in [-0.3, -0.25) is 0 Å². The first kappa shape index (κ1) is 16.1. The van der Waals surface area contributed by atoms with Gasteiger partial charge in [-0.05, 0) is 25.3 Å². The molecule has 1 fully saturated rings. The predicted molar refractivity (Wildman–Crippen MR) is 80.7 cm³/mol. The summed E-state index contributed by atoms with van der Waals surface area (Å²) < 4.78 is 11.2. The number of benzene rings is 1. The second kappa shape index (κ2) is 8.22. The van der Waals surface area contributed by atoms with E-state index in [9.17, 15) is 5.11 Å². The molecular weight excluding hydrogens is 270 g/mol. The Bertz CT molecular complexity index is 434. The molecular formula is C16H25NO4. The van der Waals surface area contributed by atoms with E-state index in [0.29, 0.717) is 18.4 Å². The Kier molecular flexibility index (Phi) is 6.29. The first-order chi connectivity index (χ1) is 10.2. The zero-order valence-corrected chi connectivity index (χ0v) is 12.5. The maximum atomic E-state index is 9.43. The van der Waals surface area contributed by atoms with Crippen LogP contribution in [0.2, 0.25) is 0 Å². The Balaban J connectivity index is 2.01. The Morgan fingerprint density at radius 1 is 1.33 bits per heavy atom. The van der Waals surface area contributed by atoms with E-state index in [0.717, 1.165) is 24.3 Å². The number of ether oxygens (including phenoxy) is 2. The van der Waals surface area contributed by atoms with Gasteiger partial charge in [-0.1, -0.05) is 13.0 Å². The van der Waals surface area contributed by atoms with Crippen LogP contribution in [-0.4, -0.2) is 42.2 Å². The summed E-state index contributed by atoms with van der Waals surface area (Å²) >= 11 is 0.